The van der Waals surface area contributed by atoms with Crippen LogP contribution in [0.3, 0.4) is 0 Å². The second kappa shape index (κ2) is 9.18. The molecule has 1 aromatic rings. The molecule has 1 fully saturated rings. The summed E-state index contributed by atoms with van der Waals surface area (Å²) < 4.78 is 18.4. The van der Waals surface area contributed by atoms with Crippen molar-refractivity contribution in [2.75, 3.05) is 19.6 Å². The molecule has 2 N–H and O–H groups in total. The van der Waals surface area contributed by atoms with Gasteiger partial charge in [0, 0.05) is 6.54 Å². The third-order valence-electron chi connectivity index (χ3n) is 3.53. The van der Waals surface area contributed by atoms with Crippen LogP contribution >= 0.6 is 24.0 Å². The zero-order chi connectivity index (χ0) is 15.2. The van der Waals surface area contributed by atoms with Crippen LogP contribution in [0, 0.1) is 11.7 Å². The van der Waals surface area contributed by atoms with E-state index in [0.29, 0.717) is 18.2 Å². The first kappa shape index (κ1) is 19.0. The SMILES string of the molecule is CC(Oc1ccc(F)cc1Cl)C(=O)NCC1CCCNC1.Cl. The molecule has 2 atom stereocenters. The molecule has 1 aliphatic heterocycles. The van der Waals surface area contributed by atoms with E-state index in [-0.39, 0.29) is 23.3 Å². The summed E-state index contributed by atoms with van der Waals surface area (Å²) in [5, 5.41) is 6.35. The van der Waals surface area contributed by atoms with Gasteiger partial charge in [-0.3, -0.25) is 4.79 Å². The summed E-state index contributed by atoms with van der Waals surface area (Å²) in [5.74, 6) is 0.138. The van der Waals surface area contributed by atoms with Gasteiger partial charge in [-0.25, -0.2) is 4.39 Å². The highest BCUT2D eigenvalue weighted by atomic mass is 35.5. The average Bonchev–Trinajstić information content (AvgIpc) is 2.48. The maximum atomic E-state index is 12.9. The molecule has 0 bridgehead atoms. The molecule has 0 aliphatic carbocycles. The van der Waals surface area contributed by atoms with Crippen LogP contribution in [0.15, 0.2) is 18.2 Å². The zero-order valence-corrected chi connectivity index (χ0v) is 14.0. The molecule has 4 nitrogen and oxygen atoms in total. The Morgan fingerprint density at radius 3 is 3.00 bits per heavy atom. The van der Waals surface area contributed by atoms with Gasteiger partial charge in [0.1, 0.15) is 11.6 Å². The first-order valence-electron chi connectivity index (χ1n) is 7.16. The Balaban J connectivity index is 0.00000242. The van der Waals surface area contributed by atoms with Crippen molar-refractivity contribution in [2.45, 2.75) is 25.9 Å². The Morgan fingerprint density at radius 1 is 1.59 bits per heavy atom. The fourth-order valence-electron chi connectivity index (χ4n) is 2.30. The molecule has 7 heteroatoms. The van der Waals surface area contributed by atoms with Crippen molar-refractivity contribution >= 4 is 29.9 Å². The number of piperidine rings is 1. The van der Waals surface area contributed by atoms with Gasteiger partial charge in [0.2, 0.25) is 0 Å². The van der Waals surface area contributed by atoms with Gasteiger partial charge in [-0.2, -0.15) is 0 Å². The van der Waals surface area contributed by atoms with E-state index in [1.54, 1.807) is 6.92 Å². The first-order chi connectivity index (χ1) is 10.1. The number of hydrogen-bond donors (Lipinski definition) is 2. The average molecular weight is 351 g/mol. The number of ether oxygens (including phenoxy) is 1. The summed E-state index contributed by atoms with van der Waals surface area (Å²) in [6.45, 7) is 4.26. The molecule has 1 aliphatic rings. The summed E-state index contributed by atoms with van der Waals surface area (Å²) in [6.07, 6.45) is 1.58. The Morgan fingerprint density at radius 2 is 2.36 bits per heavy atom. The lowest BCUT2D eigenvalue weighted by Gasteiger charge is -2.23. The van der Waals surface area contributed by atoms with E-state index in [2.05, 4.69) is 10.6 Å². The van der Waals surface area contributed by atoms with Crippen LogP contribution in [0.1, 0.15) is 19.8 Å². The fraction of sp³-hybridized carbons (Fsp3) is 0.533. The van der Waals surface area contributed by atoms with Gasteiger partial charge in [-0.1, -0.05) is 11.6 Å². The smallest absolute Gasteiger partial charge is 0.260 e. The van der Waals surface area contributed by atoms with E-state index >= 15 is 0 Å². The van der Waals surface area contributed by atoms with Crippen molar-refractivity contribution < 1.29 is 13.9 Å². The fourth-order valence-corrected chi connectivity index (χ4v) is 2.51. The minimum Gasteiger partial charge on any atom is -0.479 e. The van der Waals surface area contributed by atoms with Crippen LogP contribution in [0.4, 0.5) is 4.39 Å². The molecule has 0 radical (unpaired) electrons. The predicted octanol–water partition coefficient (Wildman–Crippen LogP) is 2.78. The zero-order valence-electron chi connectivity index (χ0n) is 12.4. The van der Waals surface area contributed by atoms with Crippen LogP contribution in [-0.2, 0) is 4.79 Å². The number of rotatable bonds is 5. The number of amides is 1. The number of halogens is 3. The van der Waals surface area contributed by atoms with E-state index < -0.39 is 11.9 Å². The van der Waals surface area contributed by atoms with Gasteiger partial charge >= 0.3 is 0 Å². The first-order valence-corrected chi connectivity index (χ1v) is 7.54. The lowest BCUT2D eigenvalue weighted by atomic mass is 10.00. The summed E-state index contributed by atoms with van der Waals surface area (Å²) in [5.41, 5.74) is 0. The van der Waals surface area contributed by atoms with E-state index in [9.17, 15) is 9.18 Å². The van der Waals surface area contributed by atoms with Gasteiger partial charge in [0.15, 0.2) is 6.10 Å². The van der Waals surface area contributed by atoms with Gasteiger partial charge < -0.3 is 15.4 Å². The normalized spacial score (nSPS) is 19.0. The monoisotopic (exact) mass is 350 g/mol. The number of carbonyl (C=O) groups is 1. The van der Waals surface area contributed by atoms with Crippen LogP contribution in [-0.4, -0.2) is 31.6 Å². The number of hydrogen-bond acceptors (Lipinski definition) is 3. The highest BCUT2D eigenvalue weighted by molar-refractivity contribution is 6.32. The van der Waals surface area contributed by atoms with Crippen LogP contribution in [0.2, 0.25) is 5.02 Å². The van der Waals surface area contributed by atoms with E-state index in [4.69, 9.17) is 16.3 Å². The molecule has 1 heterocycles. The minimum absolute atomic E-state index is 0. The number of nitrogens with one attached hydrogen (secondary N) is 2. The molecule has 1 amide bonds. The van der Waals surface area contributed by atoms with Crippen LogP contribution < -0.4 is 15.4 Å². The van der Waals surface area contributed by atoms with Crippen molar-refractivity contribution in [3.8, 4) is 5.75 Å². The molecule has 0 spiro atoms. The second-order valence-electron chi connectivity index (χ2n) is 5.29. The van der Waals surface area contributed by atoms with Crippen molar-refractivity contribution in [3.05, 3.63) is 29.0 Å². The third kappa shape index (κ3) is 5.63. The van der Waals surface area contributed by atoms with Crippen molar-refractivity contribution in [1.29, 1.82) is 0 Å². The van der Waals surface area contributed by atoms with Crippen LogP contribution in [0.5, 0.6) is 5.75 Å². The van der Waals surface area contributed by atoms with E-state index in [1.165, 1.54) is 12.1 Å². The van der Waals surface area contributed by atoms with E-state index in [0.717, 1.165) is 32.0 Å². The molecule has 2 rings (SSSR count). The van der Waals surface area contributed by atoms with Gasteiger partial charge in [-0.15, -0.1) is 12.4 Å². The van der Waals surface area contributed by atoms with Crippen LogP contribution in [0.25, 0.3) is 0 Å². The summed E-state index contributed by atoms with van der Waals surface area (Å²) in [6, 6.07) is 3.83. The summed E-state index contributed by atoms with van der Waals surface area (Å²) in [4.78, 5) is 12.0. The molecular weight excluding hydrogens is 330 g/mol. The number of carbonyl (C=O) groups excluding carboxylic acids is 1. The van der Waals surface area contributed by atoms with Crippen molar-refractivity contribution in [2.24, 2.45) is 5.92 Å². The molecule has 22 heavy (non-hydrogen) atoms. The Hall–Kier alpha value is -1.04. The summed E-state index contributed by atoms with van der Waals surface area (Å²) in [7, 11) is 0. The van der Waals surface area contributed by atoms with E-state index in [1.807, 2.05) is 0 Å². The molecule has 0 saturated carbocycles. The summed E-state index contributed by atoms with van der Waals surface area (Å²) >= 11 is 5.87. The lowest BCUT2D eigenvalue weighted by Crippen LogP contribution is -2.42. The highest BCUT2D eigenvalue weighted by Gasteiger charge is 2.19. The second-order valence-corrected chi connectivity index (χ2v) is 5.70. The van der Waals surface area contributed by atoms with Crippen molar-refractivity contribution in [1.82, 2.24) is 10.6 Å². The van der Waals surface area contributed by atoms with Gasteiger partial charge in [0.25, 0.3) is 5.91 Å². The van der Waals surface area contributed by atoms with Gasteiger partial charge in [-0.05, 0) is 57.0 Å². The quantitative estimate of drug-likeness (QED) is 0.858. The largest absolute Gasteiger partial charge is 0.479 e. The van der Waals surface area contributed by atoms with Gasteiger partial charge in [0.05, 0.1) is 5.02 Å². The predicted molar refractivity (Wildman–Crippen MR) is 87.4 cm³/mol. The molecular formula is C15H21Cl2FN2O2. The maximum Gasteiger partial charge on any atom is 0.260 e. The standard InChI is InChI=1S/C15H20ClFN2O2.ClH/c1-10(21-14-5-4-12(17)7-13(14)16)15(20)19-9-11-3-2-6-18-8-11;/h4-5,7,10-11,18H,2-3,6,8-9H2,1H3,(H,19,20);1H. The highest BCUT2D eigenvalue weighted by Crippen LogP contribution is 2.25. The Labute approximate surface area is 141 Å². The Kier molecular flexibility index (Phi) is 7.93. The number of benzene rings is 1. The lowest BCUT2D eigenvalue weighted by molar-refractivity contribution is -0.127. The topological polar surface area (TPSA) is 50.4 Å². The molecule has 2 unspecified atom stereocenters. The molecule has 124 valence electrons. The maximum absolute atomic E-state index is 12.9. The minimum atomic E-state index is -0.676. The molecule has 1 saturated heterocycles. The molecule has 0 aromatic heterocycles. The Bertz CT molecular complexity index is 496. The van der Waals surface area contributed by atoms with Crippen molar-refractivity contribution in [3.63, 3.8) is 0 Å². The third-order valence-corrected chi connectivity index (χ3v) is 3.83. The molecule has 1 aromatic carbocycles.